The van der Waals surface area contributed by atoms with Crippen LogP contribution < -0.4 is 0 Å². The van der Waals surface area contributed by atoms with Gasteiger partial charge in [-0.3, -0.25) is 0 Å². The van der Waals surface area contributed by atoms with Crippen LogP contribution in [0, 0.1) is 0 Å². The number of aryl methyl sites for hydroxylation is 1. The van der Waals surface area contributed by atoms with Crippen molar-refractivity contribution >= 4 is 0 Å². The van der Waals surface area contributed by atoms with Crippen molar-refractivity contribution in [1.82, 2.24) is 0 Å². The number of benzene rings is 2. The van der Waals surface area contributed by atoms with Gasteiger partial charge in [0.15, 0.2) is 0 Å². The summed E-state index contributed by atoms with van der Waals surface area (Å²) in [4.78, 5) is 0. The first-order chi connectivity index (χ1) is 8.65. The van der Waals surface area contributed by atoms with E-state index in [0.29, 0.717) is 5.75 Å². The van der Waals surface area contributed by atoms with Gasteiger partial charge in [0.1, 0.15) is 11.5 Å². The number of rotatable bonds is 3. The van der Waals surface area contributed by atoms with E-state index in [-0.39, 0.29) is 5.75 Å². The van der Waals surface area contributed by atoms with Gasteiger partial charge in [-0.2, -0.15) is 0 Å². The van der Waals surface area contributed by atoms with E-state index >= 15 is 0 Å². The van der Waals surface area contributed by atoms with Crippen molar-refractivity contribution in [3.05, 3.63) is 47.5 Å². The Morgan fingerprint density at radius 2 is 1.67 bits per heavy atom. The number of hydrogen-bond donors (Lipinski definition) is 2. The van der Waals surface area contributed by atoms with Gasteiger partial charge in [0.2, 0.25) is 0 Å². The molecule has 2 nitrogen and oxygen atoms in total. The maximum Gasteiger partial charge on any atom is 0.119 e. The molecule has 18 heavy (non-hydrogen) atoms. The second-order valence-electron chi connectivity index (χ2n) is 4.39. The molecule has 0 aliphatic rings. The van der Waals surface area contributed by atoms with Crippen molar-refractivity contribution in [2.75, 3.05) is 0 Å². The molecule has 0 aromatic heterocycles. The minimum Gasteiger partial charge on any atom is -0.508 e. The van der Waals surface area contributed by atoms with Crippen molar-refractivity contribution in [2.45, 2.75) is 26.7 Å². The van der Waals surface area contributed by atoms with Gasteiger partial charge in [0.25, 0.3) is 0 Å². The zero-order valence-electron chi connectivity index (χ0n) is 10.8. The third-order valence-corrected chi connectivity index (χ3v) is 3.23. The maximum absolute atomic E-state index is 10.1. The van der Waals surface area contributed by atoms with Crippen molar-refractivity contribution in [2.24, 2.45) is 0 Å². The summed E-state index contributed by atoms with van der Waals surface area (Å²) in [5.41, 5.74) is 4.04. The van der Waals surface area contributed by atoms with Crippen LogP contribution in [0.4, 0.5) is 0 Å². The van der Waals surface area contributed by atoms with Gasteiger partial charge in [-0.05, 0) is 53.3 Å². The van der Waals surface area contributed by atoms with Crippen LogP contribution in [-0.4, -0.2) is 10.2 Å². The van der Waals surface area contributed by atoms with Crippen LogP contribution in [-0.2, 0) is 12.8 Å². The Morgan fingerprint density at radius 3 is 2.28 bits per heavy atom. The summed E-state index contributed by atoms with van der Waals surface area (Å²) < 4.78 is 0. The number of phenols is 2. The number of hydrogen-bond acceptors (Lipinski definition) is 2. The molecule has 0 aliphatic carbocycles. The van der Waals surface area contributed by atoms with Crippen molar-refractivity contribution < 1.29 is 10.2 Å². The first kappa shape index (κ1) is 12.5. The minimum atomic E-state index is 0.240. The van der Waals surface area contributed by atoms with Crippen LogP contribution in [0.2, 0.25) is 0 Å². The fourth-order valence-electron chi connectivity index (χ4n) is 2.29. The summed E-state index contributed by atoms with van der Waals surface area (Å²) in [7, 11) is 0. The molecular weight excluding hydrogens is 224 g/mol. The van der Waals surface area contributed by atoms with Gasteiger partial charge < -0.3 is 10.2 Å². The van der Waals surface area contributed by atoms with Gasteiger partial charge >= 0.3 is 0 Å². The summed E-state index contributed by atoms with van der Waals surface area (Å²) in [5, 5.41) is 19.6. The lowest BCUT2D eigenvalue weighted by Crippen LogP contribution is -1.93. The largest absolute Gasteiger partial charge is 0.508 e. The minimum absolute atomic E-state index is 0.240. The maximum atomic E-state index is 10.1. The topological polar surface area (TPSA) is 40.5 Å². The third-order valence-electron chi connectivity index (χ3n) is 3.23. The SMILES string of the molecule is CCc1cc(-c2cccc(O)c2)cc(O)c1CC. The van der Waals surface area contributed by atoms with E-state index in [1.54, 1.807) is 24.3 Å². The average Bonchev–Trinajstić information content (AvgIpc) is 2.37. The standard InChI is InChI=1S/C16H18O2/c1-3-11-8-13(10-16(18)15(11)4-2)12-6-5-7-14(17)9-12/h5-10,17-18H,3-4H2,1-2H3. The normalized spacial score (nSPS) is 10.6. The molecule has 0 saturated carbocycles. The van der Waals surface area contributed by atoms with Crippen LogP contribution in [0.25, 0.3) is 11.1 Å². The fraction of sp³-hybridized carbons (Fsp3) is 0.250. The highest BCUT2D eigenvalue weighted by molar-refractivity contribution is 5.68. The molecule has 2 heteroatoms. The Bertz CT molecular complexity index is 559. The van der Waals surface area contributed by atoms with E-state index in [0.717, 1.165) is 35.1 Å². The molecule has 0 aliphatic heterocycles. The van der Waals surface area contributed by atoms with Crippen LogP contribution in [0.15, 0.2) is 36.4 Å². The molecule has 0 amide bonds. The molecule has 0 heterocycles. The summed E-state index contributed by atoms with van der Waals surface area (Å²) in [6.45, 7) is 4.13. The van der Waals surface area contributed by atoms with Crippen LogP contribution >= 0.6 is 0 Å². The smallest absolute Gasteiger partial charge is 0.119 e. The van der Waals surface area contributed by atoms with E-state index in [4.69, 9.17) is 0 Å². The van der Waals surface area contributed by atoms with Crippen LogP contribution in [0.1, 0.15) is 25.0 Å². The quantitative estimate of drug-likeness (QED) is 0.857. The van der Waals surface area contributed by atoms with E-state index < -0.39 is 0 Å². The molecule has 2 rings (SSSR count). The monoisotopic (exact) mass is 242 g/mol. The molecule has 2 N–H and O–H groups in total. The predicted molar refractivity (Wildman–Crippen MR) is 74.0 cm³/mol. The van der Waals surface area contributed by atoms with E-state index in [1.165, 1.54) is 0 Å². The van der Waals surface area contributed by atoms with Crippen LogP contribution in [0.5, 0.6) is 11.5 Å². The van der Waals surface area contributed by atoms with Gasteiger partial charge in [-0.15, -0.1) is 0 Å². The fourth-order valence-corrected chi connectivity index (χ4v) is 2.29. The summed E-state index contributed by atoms with van der Waals surface area (Å²) >= 11 is 0. The van der Waals surface area contributed by atoms with E-state index in [9.17, 15) is 10.2 Å². The highest BCUT2D eigenvalue weighted by Gasteiger charge is 2.09. The Labute approximate surface area is 108 Å². The molecule has 0 fully saturated rings. The van der Waals surface area contributed by atoms with E-state index in [1.807, 2.05) is 13.0 Å². The Balaban J connectivity index is 2.56. The Hall–Kier alpha value is -1.96. The molecule has 2 aromatic carbocycles. The highest BCUT2D eigenvalue weighted by atomic mass is 16.3. The number of aromatic hydroxyl groups is 2. The molecule has 0 spiro atoms. The molecule has 0 saturated heterocycles. The second kappa shape index (κ2) is 5.13. The van der Waals surface area contributed by atoms with Crippen molar-refractivity contribution in [1.29, 1.82) is 0 Å². The summed E-state index contributed by atoms with van der Waals surface area (Å²) in [6.07, 6.45) is 1.72. The van der Waals surface area contributed by atoms with Gasteiger partial charge in [0, 0.05) is 0 Å². The van der Waals surface area contributed by atoms with Gasteiger partial charge in [0.05, 0.1) is 0 Å². The second-order valence-corrected chi connectivity index (χ2v) is 4.39. The first-order valence-corrected chi connectivity index (χ1v) is 6.29. The van der Waals surface area contributed by atoms with E-state index in [2.05, 4.69) is 13.0 Å². The molecular formula is C16H18O2. The van der Waals surface area contributed by atoms with Crippen molar-refractivity contribution in [3.8, 4) is 22.6 Å². The lowest BCUT2D eigenvalue weighted by atomic mass is 9.95. The molecule has 0 radical (unpaired) electrons. The zero-order valence-corrected chi connectivity index (χ0v) is 10.8. The molecule has 0 atom stereocenters. The predicted octanol–water partition coefficient (Wildman–Crippen LogP) is 3.89. The number of phenolic OH excluding ortho intramolecular Hbond substituents is 2. The van der Waals surface area contributed by atoms with Gasteiger partial charge in [-0.25, -0.2) is 0 Å². The molecule has 0 unspecified atom stereocenters. The lowest BCUT2D eigenvalue weighted by molar-refractivity contribution is 0.468. The molecule has 94 valence electrons. The van der Waals surface area contributed by atoms with Crippen LogP contribution in [0.3, 0.4) is 0 Å². The lowest BCUT2D eigenvalue weighted by Gasteiger charge is -2.12. The average molecular weight is 242 g/mol. The zero-order chi connectivity index (χ0) is 13.1. The molecule has 2 aromatic rings. The first-order valence-electron chi connectivity index (χ1n) is 6.29. The molecule has 0 bridgehead atoms. The third kappa shape index (κ3) is 2.33. The Morgan fingerprint density at radius 1 is 0.889 bits per heavy atom. The van der Waals surface area contributed by atoms with Gasteiger partial charge in [-0.1, -0.05) is 32.0 Å². The highest BCUT2D eigenvalue weighted by Crippen LogP contribution is 2.31. The summed E-state index contributed by atoms with van der Waals surface area (Å²) in [6, 6.07) is 10.9. The van der Waals surface area contributed by atoms with Crippen molar-refractivity contribution in [3.63, 3.8) is 0 Å². The summed E-state index contributed by atoms with van der Waals surface area (Å²) in [5.74, 6) is 0.583. The Kier molecular flexibility index (Phi) is 3.56.